The average Bonchev–Trinajstić information content (AvgIpc) is 2.21. The predicted molar refractivity (Wildman–Crippen MR) is 81.4 cm³/mol. The van der Waals surface area contributed by atoms with Crippen molar-refractivity contribution in [2.24, 2.45) is 5.92 Å². The van der Waals surface area contributed by atoms with E-state index in [9.17, 15) is 0 Å². The summed E-state index contributed by atoms with van der Waals surface area (Å²) in [5, 5.41) is 7.43. The minimum absolute atomic E-state index is 0.468. The molecule has 0 aromatic carbocycles. The van der Waals surface area contributed by atoms with Crippen molar-refractivity contribution >= 4 is 17.3 Å². The molecule has 1 atom stereocenters. The van der Waals surface area contributed by atoms with E-state index < -0.39 is 0 Å². The van der Waals surface area contributed by atoms with E-state index in [1.54, 1.807) is 0 Å². The van der Waals surface area contributed by atoms with E-state index in [1.807, 2.05) is 0 Å². The highest BCUT2D eigenvalue weighted by atomic mass is 32.1. The van der Waals surface area contributed by atoms with Gasteiger partial charge >= 0.3 is 0 Å². The lowest BCUT2D eigenvalue weighted by Crippen LogP contribution is -2.41. The van der Waals surface area contributed by atoms with Gasteiger partial charge in [-0.15, -0.1) is 0 Å². The number of unbranched alkanes of at least 4 members (excludes halogenated alkanes) is 4. The smallest absolute Gasteiger partial charge is 0.166 e. The first kappa shape index (κ1) is 16.7. The maximum absolute atomic E-state index is 5.26. The molecule has 0 aliphatic heterocycles. The van der Waals surface area contributed by atoms with Crippen molar-refractivity contribution in [3.05, 3.63) is 0 Å². The summed E-state index contributed by atoms with van der Waals surface area (Å²) in [7, 11) is 0. The van der Waals surface area contributed by atoms with Gasteiger partial charge in [-0.3, -0.25) is 0 Å². The highest BCUT2D eigenvalue weighted by Crippen LogP contribution is 2.03. The van der Waals surface area contributed by atoms with Gasteiger partial charge in [0.1, 0.15) is 0 Å². The van der Waals surface area contributed by atoms with Crippen molar-refractivity contribution in [2.75, 3.05) is 6.54 Å². The normalized spacial score (nSPS) is 12.5. The second-order valence-electron chi connectivity index (χ2n) is 5.35. The Labute approximate surface area is 113 Å². The quantitative estimate of drug-likeness (QED) is 0.485. The maximum atomic E-state index is 5.26. The molecule has 0 fully saturated rings. The first-order valence-electron chi connectivity index (χ1n) is 7.10. The molecule has 0 saturated heterocycles. The zero-order valence-electron chi connectivity index (χ0n) is 12.0. The van der Waals surface area contributed by atoms with Crippen LogP contribution in [-0.4, -0.2) is 17.7 Å². The number of rotatable bonds is 9. The molecule has 0 heterocycles. The molecular formula is C14H30N2S. The summed E-state index contributed by atoms with van der Waals surface area (Å²) in [5.41, 5.74) is 0. The molecule has 102 valence electrons. The van der Waals surface area contributed by atoms with Crippen LogP contribution < -0.4 is 10.6 Å². The zero-order valence-corrected chi connectivity index (χ0v) is 12.8. The van der Waals surface area contributed by atoms with Gasteiger partial charge < -0.3 is 10.6 Å². The predicted octanol–water partition coefficient (Wildman–Crippen LogP) is 3.86. The summed E-state index contributed by atoms with van der Waals surface area (Å²) < 4.78 is 0. The summed E-state index contributed by atoms with van der Waals surface area (Å²) in [5.74, 6) is 0.717. The molecule has 2 N–H and O–H groups in total. The third-order valence-electron chi connectivity index (χ3n) is 2.77. The molecule has 0 aliphatic carbocycles. The van der Waals surface area contributed by atoms with Crippen molar-refractivity contribution in [3.8, 4) is 0 Å². The van der Waals surface area contributed by atoms with Crippen LogP contribution in [0.3, 0.4) is 0 Å². The molecule has 0 aliphatic rings. The monoisotopic (exact) mass is 258 g/mol. The van der Waals surface area contributed by atoms with Crippen molar-refractivity contribution < 1.29 is 0 Å². The lowest BCUT2D eigenvalue weighted by Gasteiger charge is -2.18. The second-order valence-corrected chi connectivity index (χ2v) is 5.75. The van der Waals surface area contributed by atoms with E-state index >= 15 is 0 Å². The van der Waals surface area contributed by atoms with Gasteiger partial charge in [-0.1, -0.05) is 46.5 Å². The van der Waals surface area contributed by atoms with Gasteiger partial charge in [0.25, 0.3) is 0 Å². The van der Waals surface area contributed by atoms with Gasteiger partial charge in [0, 0.05) is 12.6 Å². The minimum Gasteiger partial charge on any atom is -0.363 e. The van der Waals surface area contributed by atoms with E-state index in [1.165, 1.54) is 38.5 Å². The van der Waals surface area contributed by atoms with Gasteiger partial charge in [-0.2, -0.15) is 0 Å². The van der Waals surface area contributed by atoms with Gasteiger partial charge in [-0.05, 0) is 37.9 Å². The Balaban J connectivity index is 3.40. The van der Waals surface area contributed by atoms with Gasteiger partial charge in [-0.25, -0.2) is 0 Å². The molecule has 0 spiro atoms. The number of thiocarbonyl (C=S) groups is 1. The van der Waals surface area contributed by atoms with E-state index in [-0.39, 0.29) is 0 Å². The third kappa shape index (κ3) is 11.9. The lowest BCUT2D eigenvalue weighted by atomic mass is 10.1. The molecule has 3 heteroatoms. The SMILES string of the molecule is CCCCCCCNC(=S)NC(C)CC(C)C. The fourth-order valence-corrected chi connectivity index (χ4v) is 2.27. The fraction of sp³-hybridized carbons (Fsp3) is 0.929. The van der Waals surface area contributed by atoms with Gasteiger partial charge in [0.2, 0.25) is 0 Å². The first-order valence-corrected chi connectivity index (χ1v) is 7.51. The Morgan fingerprint density at radius 1 is 1.06 bits per heavy atom. The van der Waals surface area contributed by atoms with Crippen molar-refractivity contribution in [1.29, 1.82) is 0 Å². The summed E-state index contributed by atoms with van der Waals surface area (Å²) in [6, 6.07) is 0.468. The molecule has 0 saturated carbocycles. The Morgan fingerprint density at radius 3 is 2.29 bits per heavy atom. The Bertz CT molecular complexity index is 193. The number of hydrogen-bond acceptors (Lipinski definition) is 1. The molecule has 1 unspecified atom stereocenters. The highest BCUT2D eigenvalue weighted by Gasteiger charge is 2.05. The summed E-state index contributed by atoms with van der Waals surface area (Å²) in [4.78, 5) is 0. The van der Waals surface area contributed by atoms with Crippen LogP contribution in [0.5, 0.6) is 0 Å². The van der Waals surface area contributed by atoms with Crippen LogP contribution in [0.15, 0.2) is 0 Å². The molecule has 0 bridgehead atoms. The molecule has 0 amide bonds. The molecule has 0 rings (SSSR count). The Kier molecular flexibility index (Phi) is 10.6. The Hall–Kier alpha value is -0.310. The van der Waals surface area contributed by atoms with Crippen LogP contribution in [-0.2, 0) is 0 Å². The molecular weight excluding hydrogens is 228 g/mol. The number of nitrogens with one attached hydrogen (secondary N) is 2. The third-order valence-corrected chi connectivity index (χ3v) is 3.03. The van der Waals surface area contributed by atoms with Crippen LogP contribution in [0.4, 0.5) is 0 Å². The highest BCUT2D eigenvalue weighted by molar-refractivity contribution is 7.80. The molecule has 0 aromatic heterocycles. The van der Waals surface area contributed by atoms with Crippen molar-refractivity contribution in [2.45, 2.75) is 72.3 Å². The summed E-state index contributed by atoms with van der Waals surface area (Å²) in [6.45, 7) is 9.91. The summed E-state index contributed by atoms with van der Waals surface area (Å²) >= 11 is 5.26. The van der Waals surface area contributed by atoms with Crippen molar-refractivity contribution in [1.82, 2.24) is 10.6 Å². The van der Waals surface area contributed by atoms with E-state index in [4.69, 9.17) is 12.2 Å². The van der Waals surface area contributed by atoms with Crippen LogP contribution >= 0.6 is 12.2 Å². The van der Waals surface area contributed by atoms with E-state index in [0.717, 1.165) is 11.7 Å². The fourth-order valence-electron chi connectivity index (χ4n) is 1.97. The topological polar surface area (TPSA) is 24.1 Å². The minimum atomic E-state index is 0.468. The first-order chi connectivity index (χ1) is 8.06. The lowest BCUT2D eigenvalue weighted by molar-refractivity contribution is 0.488. The molecule has 0 radical (unpaired) electrons. The zero-order chi connectivity index (χ0) is 13.1. The Morgan fingerprint density at radius 2 is 1.71 bits per heavy atom. The summed E-state index contributed by atoms with van der Waals surface area (Å²) in [6.07, 6.45) is 7.71. The molecule has 2 nitrogen and oxygen atoms in total. The van der Waals surface area contributed by atoms with Crippen LogP contribution in [0.1, 0.15) is 66.2 Å². The van der Waals surface area contributed by atoms with Crippen LogP contribution in [0, 0.1) is 5.92 Å². The van der Waals surface area contributed by atoms with Crippen LogP contribution in [0.25, 0.3) is 0 Å². The van der Waals surface area contributed by atoms with Crippen LogP contribution in [0.2, 0.25) is 0 Å². The molecule has 0 aromatic rings. The number of hydrogen-bond donors (Lipinski definition) is 2. The van der Waals surface area contributed by atoms with Gasteiger partial charge in [0.05, 0.1) is 0 Å². The second kappa shape index (κ2) is 10.8. The standard InChI is InChI=1S/C14H30N2S/c1-5-6-7-8-9-10-15-14(17)16-13(4)11-12(2)3/h12-13H,5-11H2,1-4H3,(H2,15,16,17). The average molecular weight is 258 g/mol. The van der Waals surface area contributed by atoms with Crippen molar-refractivity contribution in [3.63, 3.8) is 0 Å². The van der Waals surface area contributed by atoms with Gasteiger partial charge in [0.15, 0.2) is 5.11 Å². The molecule has 17 heavy (non-hydrogen) atoms. The largest absolute Gasteiger partial charge is 0.363 e. The van der Waals surface area contributed by atoms with E-state index in [2.05, 4.69) is 38.3 Å². The van der Waals surface area contributed by atoms with E-state index in [0.29, 0.717) is 12.0 Å². The maximum Gasteiger partial charge on any atom is 0.166 e.